The number of hydrogen-bond acceptors (Lipinski definition) is 8. The number of carbonyl (C=O) groups is 1. The first-order valence-corrected chi connectivity index (χ1v) is 12.2. The molecule has 0 spiro atoms. The number of aliphatic hydroxyl groups is 1. The highest BCUT2D eigenvalue weighted by Gasteiger charge is 2.31. The highest BCUT2D eigenvalue weighted by Crippen LogP contribution is 2.39. The molecule has 8 nitrogen and oxygen atoms in total. The van der Waals surface area contributed by atoms with Gasteiger partial charge < -0.3 is 25.7 Å². The Morgan fingerprint density at radius 1 is 1.15 bits per heavy atom. The van der Waals surface area contributed by atoms with Gasteiger partial charge in [-0.05, 0) is 36.0 Å². The third kappa shape index (κ3) is 5.00. The summed E-state index contributed by atoms with van der Waals surface area (Å²) in [6.07, 6.45) is 1.60. The van der Waals surface area contributed by atoms with Crippen LogP contribution in [0, 0.1) is 5.41 Å². The van der Waals surface area contributed by atoms with Crippen LogP contribution in [0.15, 0.2) is 48.5 Å². The number of aromatic nitrogens is 2. The number of rotatable bonds is 7. The second-order valence-electron chi connectivity index (χ2n) is 9.62. The van der Waals surface area contributed by atoms with Crippen LogP contribution in [0.2, 0.25) is 0 Å². The number of benzene rings is 2. The number of hydrogen-bond donors (Lipinski definition) is 4. The molecule has 1 amide bonds. The Morgan fingerprint density at radius 3 is 2.59 bits per heavy atom. The van der Waals surface area contributed by atoms with Crippen molar-refractivity contribution in [3.05, 3.63) is 59.7 Å². The van der Waals surface area contributed by atoms with Gasteiger partial charge in [-0.25, -0.2) is 0 Å². The van der Waals surface area contributed by atoms with E-state index in [4.69, 9.17) is 0 Å². The summed E-state index contributed by atoms with van der Waals surface area (Å²) < 4.78 is 8.81. The monoisotopic (exact) mass is 481 g/mol. The first-order valence-electron chi connectivity index (χ1n) is 11.4. The predicted octanol–water partition coefficient (Wildman–Crippen LogP) is 4.78. The molecule has 3 aromatic rings. The summed E-state index contributed by atoms with van der Waals surface area (Å²) in [6, 6.07) is 14.9. The Labute approximate surface area is 204 Å². The van der Waals surface area contributed by atoms with Crippen molar-refractivity contribution >= 4 is 35.0 Å². The molecule has 0 aliphatic carbocycles. The van der Waals surface area contributed by atoms with Crippen LogP contribution in [0.4, 0.5) is 17.3 Å². The van der Waals surface area contributed by atoms with E-state index in [1.54, 1.807) is 23.1 Å². The minimum atomic E-state index is -0.288. The first kappa shape index (κ1) is 24.0. The molecular formula is C25H31N5O3S. The van der Waals surface area contributed by atoms with Crippen molar-refractivity contribution in [2.45, 2.75) is 45.7 Å². The molecule has 1 aromatic heterocycles. The van der Waals surface area contributed by atoms with Crippen LogP contribution >= 0.6 is 11.7 Å². The standard InChI is InChI=1S/C25H31N5O3S/c1-25(2,3)21(16-9-5-4-6-10-16)27-23-22(28-34-29-23)26-19-13-7-12-18(20(19)32)24(33)30-14-8-11-17(30)15-31/h4-7,9-10,12-13,17,21,31-32H,8,11,14-15H2,1-3H3,(H,26,28)(H,27,29). The van der Waals surface area contributed by atoms with Gasteiger partial charge in [0.05, 0.1) is 41.7 Å². The second-order valence-corrected chi connectivity index (χ2v) is 10.1. The largest absolute Gasteiger partial charge is 0.505 e. The number of nitrogens with one attached hydrogen (secondary N) is 2. The smallest absolute Gasteiger partial charge is 0.258 e. The first-order chi connectivity index (χ1) is 16.3. The lowest BCUT2D eigenvalue weighted by atomic mass is 9.82. The number of anilines is 3. The number of amides is 1. The molecule has 2 atom stereocenters. The van der Waals surface area contributed by atoms with E-state index in [-0.39, 0.29) is 41.3 Å². The maximum absolute atomic E-state index is 13.1. The van der Waals surface area contributed by atoms with Crippen LogP contribution in [0.1, 0.15) is 55.6 Å². The molecule has 4 rings (SSSR count). The minimum Gasteiger partial charge on any atom is -0.505 e. The van der Waals surface area contributed by atoms with Gasteiger partial charge in [-0.15, -0.1) is 0 Å². The number of aliphatic hydroxyl groups excluding tert-OH is 1. The van der Waals surface area contributed by atoms with Gasteiger partial charge in [-0.2, -0.15) is 8.75 Å². The van der Waals surface area contributed by atoms with Crippen molar-refractivity contribution in [1.29, 1.82) is 0 Å². The number of phenols is 1. The summed E-state index contributed by atoms with van der Waals surface area (Å²) in [5.74, 6) is 0.615. The fourth-order valence-electron chi connectivity index (χ4n) is 4.34. The number of likely N-dealkylation sites (tertiary alicyclic amines) is 1. The molecular weight excluding hydrogens is 450 g/mol. The Kier molecular flexibility index (Phi) is 7.04. The van der Waals surface area contributed by atoms with E-state index in [9.17, 15) is 15.0 Å². The fourth-order valence-corrected chi connectivity index (χ4v) is 4.81. The fraction of sp³-hybridized carbons (Fsp3) is 0.400. The highest BCUT2D eigenvalue weighted by molar-refractivity contribution is 6.99. The molecule has 0 saturated carbocycles. The summed E-state index contributed by atoms with van der Waals surface area (Å²) in [4.78, 5) is 14.7. The number of carbonyl (C=O) groups excluding carboxylic acids is 1. The highest BCUT2D eigenvalue weighted by atomic mass is 32.1. The normalized spacial score (nSPS) is 16.9. The lowest BCUT2D eigenvalue weighted by molar-refractivity contribution is 0.0674. The van der Waals surface area contributed by atoms with Gasteiger partial charge in [-0.3, -0.25) is 4.79 Å². The van der Waals surface area contributed by atoms with Gasteiger partial charge in [0.2, 0.25) is 0 Å². The SMILES string of the molecule is CC(C)(C)C(Nc1nsnc1Nc1cccc(C(=O)N2CCCC2CO)c1O)c1ccccc1. The molecule has 1 fully saturated rings. The molecule has 0 bridgehead atoms. The van der Waals surface area contributed by atoms with Crippen molar-refractivity contribution < 1.29 is 15.0 Å². The van der Waals surface area contributed by atoms with Crippen molar-refractivity contribution in [1.82, 2.24) is 13.6 Å². The molecule has 0 radical (unpaired) electrons. The van der Waals surface area contributed by atoms with Crippen molar-refractivity contribution in [3.8, 4) is 5.75 Å². The molecule has 180 valence electrons. The average molecular weight is 482 g/mol. The van der Waals surface area contributed by atoms with Gasteiger partial charge in [-0.1, -0.05) is 57.2 Å². The molecule has 4 N–H and O–H groups in total. The van der Waals surface area contributed by atoms with Crippen LogP contribution in [0.5, 0.6) is 5.75 Å². The Hall–Kier alpha value is -3.17. The van der Waals surface area contributed by atoms with Gasteiger partial charge in [0.15, 0.2) is 17.4 Å². The zero-order valence-corrected chi connectivity index (χ0v) is 20.5. The topological polar surface area (TPSA) is 111 Å². The molecule has 1 saturated heterocycles. The van der Waals surface area contributed by atoms with E-state index in [2.05, 4.69) is 52.3 Å². The van der Waals surface area contributed by atoms with Crippen molar-refractivity contribution in [3.63, 3.8) is 0 Å². The molecule has 1 aliphatic heterocycles. The summed E-state index contributed by atoms with van der Waals surface area (Å²) in [6.45, 7) is 6.95. The minimum absolute atomic E-state index is 0.0229. The average Bonchev–Trinajstić information content (AvgIpc) is 3.47. The van der Waals surface area contributed by atoms with Crippen LogP contribution in [0.25, 0.3) is 0 Å². The molecule has 34 heavy (non-hydrogen) atoms. The van der Waals surface area contributed by atoms with Gasteiger partial charge >= 0.3 is 0 Å². The Bertz CT molecular complexity index is 1130. The van der Waals surface area contributed by atoms with E-state index in [0.717, 1.165) is 30.1 Å². The molecule has 2 aromatic carbocycles. The van der Waals surface area contributed by atoms with Crippen LogP contribution < -0.4 is 10.6 Å². The molecule has 2 unspecified atom stereocenters. The van der Waals surface area contributed by atoms with Gasteiger partial charge in [0, 0.05) is 6.54 Å². The molecule has 2 heterocycles. The predicted molar refractivity (Wildman–Crippen MR) is 135 cm³/mol. The van der Waals surface area contributed by atoms with E-state index in [1.165, 1.54) is 0 Å². The molecule has 9 heteroatoms. The van der Waals surface area contributed by atoms with E-state index < -0.39 is 0 Å². The maximum Gasteiger partial charge on any atom is 0.258 e. The molecule has 1 aliphatic rings. The zero-order chi connectivity index (χ0) is 24.3. The van der Waals surface area contributed by atoms with Gasteiger partial charge in [0.25, 0.3) is 5.91 Å². The summed E-state index contributed by atoms with van der Waals surface area (Å²) in [7, 11) is 0. The summed E-state index contributed by atoms with van der Waals surface area (Å²) in [5.41, 5.74) is 1.59. The van der Waals surface area contributed by atoms with E-state index in [0.29, 0.717) is 23.9 Å². The van der Waals surface area contributed by atoms with Crippen molar-refractivity contribution in [2.24, 2.45) is 5.41 Å². The van der Waals surface area contributed by atoms with E-state index >= 15 is 0 Å². The van der Waals surface area contributed by atoms with E-state index in [1.807, 2.05) is 18.2 Å². The third-order valence-corrected chi connectivity index (χ3v) is 6.67. The lowest BCUT2D eigenvalue weighted by Crippen LogP contribution is -2.37. The zero-order valence-electron chi connectivity index (χ0n) is 19.7. The lowest BCUT2D eigenvalue weighted by Gasteiger charge is -2.32. The number of aromatic hydroxyl groups is 1. The number of phenolic OH excluding ortho intramolecular Hbond substituents is 1. The van der Waals surface area contributed by atoms with Crippen molar-refractivity contribution in [2.75, 3.05) is 23.8 Å². The second kappa shape index (κ2) is 9.99. The maximum atomic E-state index is 13.1. The summed E-state index contributed by atoms with van der Waals surface area (Å²) in [5, 5.41) is 27.2. The Morgan fingerprint density at radius 2 is 1.88 bits per heavy atom. The number of para-hydroxylation sites is 1. The third-order valence-electron chi connectivity index (χ3n) is 6.14. The van der Waals surface area contributed by atoms with Crippen LogP contribution in [-0.4, -0.2) is 49.0 Å². The Balaban J connectivity index is 1.58. The van der Waals surface area contributed by atoms with Crippen LogP contribution in [-0.2, 0) is 0 Å². The van der Waals surface area contributed by atoms with Gasteiger partial charge in [0.1, 0.15) is 0 Å². The summed E-state index contributed by atoms with van der Waals surface area (Å²) >= 11 is 1.06. The van der Waals surface area contributed by atoms with Crippen LogP contribution in [0.3, 0.4) is 0 Å². The number of nitrogens with zero attached hydrogens (tertiary/aromatic N) is 3. The quantitative estimate of drug-likeness (QED) is 0.359.